The summed E-state index contributed by atoms with van der Waals surface area (Å²) >= 11 is 0. The number of benzene rings is 3. The zero-order valence-corrected chi connectivity index (χ0v) is 17.5. The van der Waals surface area contributed by atoms with Crippen molar-refractivity contribution in [3.8, 4) is 5.75 Å². The minimum absolute atomic E-state index is 0.0503. The number of sulfonamides is 1. The Balaban J connectivity index is 1.58. The molecule has 0 radical (unpaired) electrons. The van der Waals surface area contributed by atoms with Crippen molar-refractivity contribution in [3.05, 3.63) is 90.3 Å². The molecule has 0 aliphatic rings. The van der Waals surface area contributed by atoms with Gasteiger partial charge in [0.2, 0.25) is 5.91 Å². The fourth-order valence-corrected chi connectivity index (χ4v) is 3.71. The van der Waals surface area contributed by atoms with E-state index in [1.54, 1.807) is 18.2 Å². The molecule has 3 aromatic rings. The minimum atomic E-state index is -3.84. The van der Waals surface area contributed by atoms with Gasteiger partial charge in [-0.05, 0) is 79.2 Å². The quantitative estimate of drug-likeness (QED) is 0.498. The first-order chi connectivity index (χ1) is 14.9. The van der Waals surface area contributed by atoms with Gasteiger partial charge in [0.05, 0.1) is 11.5 Å². The van der Waals surface area contributed by atoms with Gasteiger partial charge in [0.25, 0.3) is 10.0 Å². The normalized spacial score (nSPS) is 11.3. The van der Waals surface area contributed by atoms with Crippen LogP contribution in [0.5, 0.6) is 5.75 Å². The molecule has 0 aliphatic heterocycles. The molecule has 0 spiro atoms. The highest BCUT2D eigenvalue weighted by molar-refractivity contribution is 7.92. The number of carbonyl (C=O) groups is 1. The zero-order valence-electron chi connectivity index (χ0n) is 16.7. The predicted octanol–water partition coefficient (Wildman–Crippen LogP) is 4.68. The van der Waals surface area contributed by atoms with Gasteiger partial charge in [0.1, 0.15) is 11.6 Å². The van der Waals surface area contributed by atoms with Gasteiger partial charge in [0.15, 0.2) is 0 Å². The molecule has 31 heavy (non-hydrogen) atoms. The van der Waals surface area contributed by atoms with Gasteiger partial charge in [-0.3, -0.25) is 9.52 Å². The van der Waals surface area contributed by atoms with E-state index in [4.69, 9.17) is 4.74 Å². The summed E-state index contributed by atoms with van der Waals surface area (Å²) in [6.07, 6.45) is 3.08. The van der Waals surface area contributed by atoms with Crippen molar-refractivity contribution in [2.24, 2.45) is 0 Å². The van der Waals surface area contributed by atoms with Gasteiger partial charge in [-0.25, -0.2) is 12.8 Å². The van der Waals surface area contributed by atoms with Gasteiger partial charge < -0.3 is 10.1 Å². The van der Waals surface area contributed by atoms with Crippen LogP contribution in [0, 0.1) is 5.82 Å². The largest absolute Gasteiger partial charge is 0.494 e. The maximum atomic E-state index is 13.0. The average Bonchev–Trinajstić information content (AvgIpc) is 2.75. The van der Waals surface area contributed by atoms with E-state index >= 15 is 0 Å². The van der Waals surface area contributed by atoms with Crippen molar-refractivity contribution in [3.63, 3.8) is 0 Å². The van der Waals surface area contributed by atoms with E-state index in [2.05, 4.69) is 10.0 Å². The number of hydrogen-bond donors (Lipinski definition) is 2. The van der Waals surface area contributed by atoms with Gasteiger partial charge in [-0.15, -0.1) is 0 Å². The second-order valence-corrected chi connectivity index (χ2v) is 8.14. The second kappa shape index (κ2) is 9.90. The molecule has 0 bridgehead atoms. The summed E-state index contributed by atoms with van der Waals surface area (Å²) < 4.78 is 45.4. The number of anilines is 2. The van der Waals surface area contributed by atoms with Crippen LogP contribution in [-0.2, 0) is 14.8 Å². The van der Waals surface area contributed by atoms with Crippen molar-refractivity contribution < 1.29 is 22.3 Å². The Labute approximate surface area is 180 Å². The molecular formula is C23H21FN2O4S. The molecule has 0 unspecified atom stereocenters. The molecule has 6 nitrogen and oxygen atoms in total. The van der Waals surface area contributed by atoms with Crippen LogP contribution < -0.4 is 14.8 Å². The lowest BCUT2D eigenvalue weighted by Crippen LogP contribution is -2.13. The van der Waals surface area contributed by atoms with Crippen molar-refractivity contribution in [1.29, 1.82) is 0 Å². The Hall–Kier alpha value is -3.65. The van der Waals surface area contributed by atoms with Crippen molar-refractivity contribution >= 4 is 33.4 Å². The number of rotatable bonds is 8. The third-order valence-corrected chi connectivity index (χ3v) is 5.54. The molecule has 0 aliphatic carbocycles. The molecule has 0 fully saturated rings. The monoisotopic (exact) mass is 440 g/mol. The van der Waals surface area contributed by atoms with Gasteiger partial charge in [0, 0.05) is 17.5 Å². The summed E-state index contributed by atoms with van der Waals surface area (Å²) in [5.41, 5.74) is 1.67. The van der Waals surface area contributed by atoms with E-state index < -0.39 is 15.8 Å². The highest BCUT2D eigenvalue weighted by Gasteiger charge is 2.14. The maximum Gasteiger partial charge on any atom is 0.261 e. The molecule has 3 aromatic carbocycles. The van der Waals surface area contributed by atoms with Crippen molar-refractivity contribution in [2.75, 3.05) is 16.6 Å². The van der Waals surface area contributed by atoms with E-state index in [1.165, 1.54) is 30.3 Å². The molecule has 3 rings (SSSR count). The molecule has 0 saturated heterocycles. The fourth-order valence-electron chi connectivity index (χ4n) is 2.65. The SMILES string of the molecule is CCOc1ccc(/C=C/C(=O)Nc2ccc(NS(=O)(=O)c3ccc(F)cc3)cc2)cc1. The molecule has 2 N–H and O–H groups in total. The Morgan fingerprint density at radius 1 is 0.935 bits per heavy atom. The van der Waals surface area contributed by atoms with Crippen molar-refractivity contribution in [2.45, 2.75) is 11.8 Å². The summed E-state index contributed by atoms with van der Waals surface area (Å²) in [5, 5.41) is 2.70. The van der Waals surface area contributed by atoms with Crippen LogP contribution in [0.4, 0.5) is 15.8 Å². The highest BCUT2D eigenvalue weighted by atomic mass is 32.2. The number of ether oxygens (including phenoxy) is 1. The topological polar surface area (TPSA) is 84.5 Å². The minimum Gasteiger partial charge on any atom is -0.494 e. The smallest absolute Gasteiger partial charge is 0.261 e. The lowest BCUT2D eigenvalue weighted by Gasteiger charge is -2.09. The number of halogens is 1. The van der Waals surface area contributed by atoms with E-state index in [0.29, 0.717) is 18.0 Å². The first kappa shape index (κ1) is 22.0. The molecule has 0 aromatic heterocycles. The summed E-state index contributed by atoms with van der Waals surface area (Å²) in [4.78, 5) is 12.1. The van der Waals surface area contributed by atoms with Gasteiger partial charge in [-0.2, -0.15) is 0 Å². The lowest BCUT2D eigenvalue weighted by molar-refractivity contribution is -0.111. The van der Waals surface area contributed by atoms with Crippen LogP contribution in [0.15, 0.2) is 83.8 Å². The molecular weight excluding hydrogens is 419 g/mol. The Morgan fingerprint density at radius 2 is 1.55 bits per heavy atom. The van der Waals surface area contributed by atoms with Gasteiger partial charge >= 0.3 is 0 Å². The summed E-state index contributed by atoms with van der Waals surface area (Å²) in [6.45, 7) is 2.50. The third-order valence-electron chi connectivity index (χ3n) is 4.15. The molecule has 0 saturated carbocycles. The first-order valence-corrected chi connectivity index (χ1v) is 10.9. The van der Waals surface area contributed by atoms with Crippen molar-refractivity contribution in [1.82, 2.24) is 0 Å². The molecule has 1 amide bonds. The van der Waals surface area contributed by atoms with Crippen LogP contribution >= 0.6 is 0 Å². The van der Waals surface area contributed by atoms with E-state index in [0.717, 1.165) is 23.4 Å². The second-order valence-electron chi connectivity index (χ2n) is 6.46. The molecule has 0 atom stereocenters. The van der Waals surface area contributed by atoms with Crippen LogP contribution in [0.2, 0.25) is 0 Å². The van der Waals surface area contributed by atoms with E-state index in [1.807, 2.05) is 31.2 Å². The van der Waals surface area contributed by atoms with Gasteiger partial charge in [-0.1, -0.05) is 12.1 Å². The Morgan fingerprint density at radius 3 is 2.16 bits per heavy atom. The number of amides is 1. The highest BCUT2D eigenvalue weighted by Crippen LogP contribution is 2.19. The molecule has 160 valence electrons. The van der Waals surface area contributed by atoms with E-state index in [-0.39, 0.29) is 10.8 Å². The summed E-state index contributed by atoms with van der Waals surface area (Å²) in [6, 6.07) is 18.1. The van der Waals surface area contributed by atoms with Crippen LogP contribution in [-0.4, -0.2) is 20.9 Å². The number of carbonyl (C=O) groups excluding carboxylic acids is 1. The standard InChI is InChI=1S/C23H21FN2O4S/c1-2-30-21-12-3-17(4-13-21)5-16-23(27)25-19-8-10-20(11-9-19)26-31(28,29)22-14-6-18(24)7-15-22/h3-16,26H,2H2,1H3,(H,25,27)/b16-5+. The van der Waals surface area contributed by atoms with Crippen LogP contribution in [0.3, 0.4) is 0 Å². The third kappa shape index (κ3) is 6.42. The number of hydrogen-bond acceptors (Lipinski definition) is 4. The predicted molar refractivity (Wildman–Crippen MR) is 119 cm³/mol. The van der Waals surface area contributed by atoms with Crippen LogP contribution in [0.25, 0.3) is 6.08 Å². The average molecular weight is 440 g/mol. The summed E-state index contributed by atoms with van der Waals surface area (Å²) in [5.74, 6) is -0.0802. The zero-order chi connectivity index (χ0) is 22.3. The van der Waals surface area contributed by atoms with Crippen LogP contribution in [0.1, 0.15) is 12.5 Å². The Bertz CT molecular complexity index is 1160. The lowest BCUT2D eigenvalue weighted by atomic mass is 10.2. The molecule has 0 heterocycles. The summed E-state index contributed by atoms with van der Waals surface area (Å²) in [7, 11) is -3.84. The first-order valence-electron chi connectivity index (χ1n) is 9.46. The fraction of sp³-hybridized carbons (Fsp3) is 0.0870. The Kier molecular flexibility index (Phi) is 7.04. The maximum absolute atomic E-state index is 13.0. The molecule has 8 heteroatoms. The van der Waals surface area contributed by atoms with E-state index in [9.17, 15) is 17.6 Å². The number of nitrogens with one attached hydrogen (secondary N) is 2.